The lowest BCUT2D eigenvalue weighted by molar-refractivity contribution is 0.190. The molecule has 1 aliphatic rings. The summed E-state index contributed by atoms with van der Waals surface area (Å²) in [5.41, 5.74) is 0. The summed E-state index contributed by atoms with van der Waals surface area (Å²) in [6, 6.07) is 5.14. The van der Waals surface area contributed by atoms with E-state index in [1.165, 1.54) is 0 Å². The molecular weight excluding hydrogens is 356 g/mol. The molecule has 0 aromatic heterocycles. The van der Waals surface area contributed by atoms with Gasteiger partial charge in [0.1, 0.15) is 5.75 Å². The van der Waals surface area contributed by atoms with E-state index < -0.39 is 10.0 Å². The number of halogens is 1. The minimum absolute atomic E-state index is 0.273. The highest BCUT2D eigenvalue weighted by Crippen LogP contribution is 2.30. The van der Waals surface area contributed by atoms with Gasteiger partial charge in [-0.2, -0.15) is 4.31 Å². The van der Waals surface area contributed by atoms with Crippen molar-refractivity contribution in [3.05, 3.63) is 22.7 Å². The molecule has 5 nitrogen and oxygen atoms in total. The van der Waals surface area contributed by atoms with E-state index in [1.54, 1.807) is 29.6 Å². The molecule has 1 aliphatic heterocycles. The molecule has 0 aliphatic carbocycles. The van der Waals surface area contributed by atoms with Crippen LogP contribution in [0.4, 0.5) is 0 Å². The van der Waals surface area contributed by atoms with Gasteiger partial charge in [-0.05, 0) is 61.1 Å². The molecular formula is C14H21BrN2O3S. The van der Waals surface area contributed by atoms with Gasteiger partial charge in [0.2, 0.25) is 10.0 Å². The maximum atomic E-state index is 12.8. The zero-order valence-electron chi connectivity index (χ0n) is 12.5. The van der Waals surface area contributed by atoms with Crippen LogP contribution in [0.2, 0.25) is 0 Å². The number of methoxy groups -OCH3 is 1. The Bertz CT molecular complexity index is 604. The second-order valence-electron chi connectivity index (χ2n) is 5.42. The molecule has 1 aromatic rings. The quantitative estimate of drug-likeness (QED) is 0.807. The van der Waals surface area contributed by atoms with Gasteiger partial charge in [-0.15, -0.1) is 0 Å². The van der Waals surface area contributed by atoms with Crippen LogP contribution in [-0.4, -0.2) is 58.0 Å². The van der Waals surface area contributed by atoms with Crippen LogP contribution in [0.25, 0.3) is 0 Å². The number of hydrogen-bond donors (Lipinski definition) is 0. The first-order valence-electron chi connectivity index (χ1n) is 6.86. The Kier molecular flexibility index (Phi) is 5.29. The van der Waals surface area contributed by atoms with E-state index in [1.807, 2.05) is 14.1 Å². The molecule has 1 fully saturated rings. The second-order valence-corrected chi connectivity index (χ2v) is 8.21. The SMILES string of the molecule is COc1ccc(S(=O)(=O)N2CCCC(N(C)C)C2)cc1Br. The van der Waals surface area contributed by atoms with Crippen molar-refractivity contribution in [2.45, 2.75) is 23.8 Å². The van der Waals surface area contributed by atoms with E-state index in [2.05, 4.69) is 20.8 Å². The average molecular weight is 377 g/mol. The molecule has 118 valence electrons. The molecule has 0 spiro atoms. The molecule has 1 saturated heterocycles. The Morgan fingerprint density at radius 1 is 1.38 bits per heavy atom. The highest BCUT2D eigenvalue weighted by molar-refractivity contribution is 9.10. The van der Waals surface area contributed by atoms with Gasteiger partial charge in [0.05, 0.1) is 16.5 Å². The zero-order chi connectivity index (χ0) is 15.6. The van der Waals surface area contributed by atoms with Gasteiger partial charge in [-0.1, -0.05) is 0 Å². The van der Waals surface area contributed by atoms with Gasteiger partial charge in [0, 0.05) is 19.1 Å². The van der Waals surface area contributed by atoms with Gasteiger partial charge in [0.25, 0.3) is 0 Å². The predicted octanol–water partition coefficient (Wildman–Crippen LogP) is 2.17. The Labute approximate surface area is 135 Å². The van der Waals surface area contributed by atoms with Crippen molar-refractivity contribution in [1.82, 2.24) is 9.21 Å². The fourth-order valence-electron chi connectivity index (χ4n) is 2.52. The molecule has 1 atom stereocenters. The Balaban J connectivity index is 2.27. The first kappa shape index (κ1) is 16.7. The summed E-state index contributed by atoms with van der Waals surface area (Å²) in [6.45, 7) is 1.12. The van der Waals surface area contributed by atoms with Crippen molar-refractivity contribution >= 4 is 26.0 Å². The van der Waals surface area contributed by atoms with Gasteiger partial charge >= 0.3 is 0 Å². The summed E-state index contributed by atoms with van der Waals surface area (Å²) in [6.07, 6.45) is 1.92. The van der Waals surface area contributed by atoms with Crippen molar-refractivity contribution in [3.8, 4) is 5.75 Å². The molecule has 1 aromatic carbocycles. The summed E-state index contributed by atoms with van der Waals surface area (Å²) in [5, 5.41) is 0. The number of piperidine rings is 1. The Morgan fingerprint density at radius 2 is 2.10 bits per heavy atom. The van der Waals surface area contributed by atoms with Crippen LogP contribution in [0, 0.1) is 0 Å². The van der Waals surface area contributed by atoms with Crippen LogP contribution in [0.15, 0.2) is 27.6 Å². The lowest BCUT2D eigenvalue weighted by atomic mass is 10.1. The molecule has 2 rings (SSSR count). The molecule has 0 radical (unpaired) electrons. The zero-order valence-corrected chi connectivity index (χ0v) is 14.9. The molecule has 1 heterocycles. The maximum absolute atomic E-state index is 12.8. The first-order chi connectivity index (χ1) is 9.86. The summed E-state index contributed by atoms with van der Waals surface area (Å²) in [7, 11) is 2.08. The fourth-order valence-corrected chi connectivity index (χ4v) is 4.75. The third-order valence-electron chi connectivity index (χ3n) is 3.85. The topological polar surface area (TPSA) is 49.9 Å². The first-order valence-corrected chi connectivity index (χ1v) is 9.09. The Morgan fingerprint density at radius 3 is 2.67 bits per heavy atom. The van der Waals surface area contributed by atoms with E-state index in [-0.39, 0.29) is 6.04 Å². The number of rotatable bonds is 4. The van der Waals surface area contributed by atoms with Crippen LogP contribution >= 0.6 is 15.9 Å². The number of likely N-dealkylation sites (N-methyl/N-ethyl adjacent to an activating group) is 1. The van der Waals surface area contributed by atoms with E-state index in [0.29, 0.717) is 28.2 Å². The van der Waals surface area contributed by atoms with E-state index in [9.17, 15) is 8.42 Å². The summed E-state index contributed by atoms with van der Waals surface area (Å²) in [4.78, 5) is 2.39. The van der Waals surface area contributed by atoms with Crippen LogP contribution in [0.5, 0.6) is 5.75 Å². The molecule has 0 amide bonds. The fraction of sp³-hybridized carbons (Fsp3) is 0.571. The third kappa shape index (κ3) is 3.59. The minimum Gasteiger partial charge on any atom is -0.496 e. The largest absolute Gasteiger partial charge is 0.496 e. The van der Waals surface area contributed by atoms with Crippen molar-refractivity contribution in [3.63, 3.8) is 0 Å². The number of benzene rings is 1. The molecule has 7 heteroatoms. The molecule has 1 unspecified atom stereocenters. The molecule has 0 saturated carbocycles. The highest BCUT2D eigenvalue weighted by Gasteiger charge is 2.31. The number of ether oxygens (including phenoxy) is 1. The lowest BCUT2D eigenvalue weighted by Gasteiger charge is -2.35. The summed E-state index contributed by atoms with van der Waals surface area (Å²) >= 11 is 3.34. The third-order valence-corrected chi connectivity index (χ3v) is 6.33. The molecule has 21 heavy (non-hydrogen) atoms. The smallest absolute Gasteiger partial charge is 0.243 e. The van der Waals surface area contributed by atoms with Crippen molar-refractivity contribution in [2.24, 2.45) is 0 Å². The normalized spacial score (nSPS) is 20.7. The van der Waals surface area contributed by atoms with Gasteiger partial charge < -0.3 is 9.64 Å². The van der Waals surface area contributed by atoms with Crippen LogP contribution in [-0.2, 0) is 10.0 Å². The average Bonchev–Trinajstić information content (AvgIpc) is 2.47. The van der Waals surface area contributed by atoms with E-state index >= 15 is 0 Å². The Hall–Kier alpha value is -0.630. The van der Waals surface area contributed by atoms with Crippen LogP contribution in [0.3, 0.4) is 0 Å². The minimum atomic E-state index is -3.45. The van der Waals surface area contributed by atoms with Gasteiger partial charge in [0.15, 0.2) is 0 Å². The molecule has 0 N–H and O–H groups in total. The number of hydrogen-bond acceptors (Lipinski definition) is 4. The standard InChI is InChI=1S/C14H21BrN2O3S/c1-16(2)11-5-4-8-17(10-11)21(18,19)12-6-7-14(20-3)13(15)9-12/h6-7,9,11H,4-5,8,10H2,1-3H3. The predicted molar refractivity (Wildman–Crippen MR) is 86.2 cm³/mol. The van der Waals surface area contributed by atoms with Crippen molar-refractivity contribution in [2.75, 3.05) is 34.3 Å². The highest BCUT2D eigenvalue weighted by atomic mass is 79.9. The van der Waals surface area contributed by atoms with Crippen LogP contribution < -0.4 is 4.74 Å². The van der Waals surface area contributed by atoms with E-state index in [4.69, 9.17) is 4.74 Å². The summed E-state index contributed by atoms with van der Waals surface area (Å²) < 4.78 is 32.9. The lowest BCUT2D eigenvalue weighted by Crippen LogP contribution is -2.47. The van der Waals surface area contributed by atoms with Crippen LogP contribution in [0.1, 0.15) is 12.8 Å². The van der Waals surface area contributed by atoms with Gasteiger partial charge in [-0.25, -0.2) is 8.42 Å². The number of sulfonamides is 1. The summed E-state index contributed by atoms with van der Waals surface area (Å²) in [5.74, 6) is 0.624. The van der Waals surface area contributed by atoms with Crippen molar-refractivity contribution in [1.29, 1.82) is 0 Å². The number of nitrogens with zero attached hydrogens (tertiary/aromatic N) is 2. The van der Waals surface area contributed by atoms with E-state index in [0.717, 1.165) is 12.8 Å². The maximum Gasteiger partial charge on any atom is 0.243 e. The monoisotopic (exact) mass is 376 g/mol. The van der Waals surface area contributed by atoms with Crippen molar-refractivity contribution < 1.29 is 13.2 Å². The second kappa shape index (κ2) is 6.64. The molecule has 0 bridgehead atoms. The van der Waals surface area contributed by atoms with Gasteiger partial charge in [-0.3, -0.25) is 0 Å².